The van der Waals surface area contributed by atoms with Crippen molar-refractivity contribution in [3.63, 3.8) is 0 Å². The minimum atomic E-state index is 0.133. The first-order valence-corrected chi connectivity index (χ1v) is 8.75. The molecule has 1 atom stereocenters. The number of benzene rings is 2. The summed E-state index contributed by atoms with van der Waals surface area (Å²) in [5.74, 6) is 1.81. The lowest BCUT2D eigenvalue weighted by Crippen LogP contribution is -2.34. The predicted octanol–water partition coefficient (Wildman–Crippen LogP) is 3.63. The lowest BCUT2D eigenvalue weighted by Gasteiger charge is -2.25. The van der Waals surface area contributed by atoms with Gasteiger partial charge in [-0.05, 0) is 35.2 Å². The molecule has 4 heteroatoms. The Hall–Kier alpha value is -2.49. The average molecular weight is 339 g/mol. The van der Waals surface area contributed by atoms with Crippen molar-refractivity contribution in [2.24, 2.45) is 0 Å². The maximum Gasteiger partial charge on any atom is 0.222 e. The van der Waals surface area contributed by atoms with Gasteiger partial charge in [0.15, 0.2) is 11.5 Å². The van der Waals surface area contributed by atoms with Crippen molar-refractivity contribution < 1.29 is 14.3 Å². The second-order valence-corrected chi connectivity index (χ2v) is 6.31. The fourth-order valence-corrected chi connectivity index (χ4v) is 3.56. The number of hydrogen-bond donors (Lipinski definition) is 0. The van der Waals surface area contributed by atoms with E-state index in [0.717, 1.165) is 24.5 Å². The molecule has 1 amide bonds. The molecular formula is C21H25NO3. The maximum absolute atomic E-state index is 12.4. The van der Waals surface area contributed by atoms with Gasteiger partial charge < -0.3 is 14.4 Å². The van der Waals surface area contributed by atoms with Crippen LogP contribution in [0, 0.1) is 0 Å². The van der Waals surface area contributed by atoms with E-state index >= 15 is 0 Å². The molecule has 0 bridgehead atoms. The molecule has 0 spiro atoms. The highest BCUT2D eigenvalue weighted by molar-refractivity contribution is 5.76. The Labute approximate surface area is 149 Å². The van der Waals surface area contributed by atoms with Crippen LogP contribution in [0.4, 0.5) is 0 Å². The number of carbonyl (C=O) groups is 1. The number of nitrogens with zero attached hydrogens (tertiary/aromatic N) is 1. The molecule has 0 aromatic heterocycles. The molecule has 132 valence electrons. The van der Waals surface area contributed by atoms with E-state index in [9.17, 15) is 4.79 Å². The Balaban J connectivity index is 2.10. The van der Waals surface area contributed by atoms with Crippen molar-refractivity contribution in [2.45, 2.75) is 25.7 Å². The maximum atomic E-state index is 12.4. The molecule has 0 fully saturated rings. The van der Waals surface area contributed by atoms with Crippen molar-refractivity contribution in [3.8, 4) is 11.5 Å². The molecule has 3 rings (SSSR count). The zero-order chi connectivity index (χ0) is 17.8. The molecule has 1 heterocycles. The van der Waals surface area contributed by atoms with Crippen LogP contribution in [-0.4, -0.2) is 38.1 Å². The van der Waals surface area contributed by atoms with Gasteiger partial charge in [-0.2, -0.15) is 0 Å². The standard InChI is InChI=1S/C21H25NO3/c1-4-21(23)22-11-10-16-12-19(24-2)20(25-3)13-17(16)18(14-22)15-8-6-5-7-9-15/h5-9,12-13,18H,4,10-11,14H2,1-3H3. The highest BCUT2D eigenvalue weighted by atomic mass is 16.5. The molecule has 0 saturated heterocycles. The van der Waals surface area contributed by atoms with Gasteiger partial charge in [0, 0.05) is 25.4 Å². The van der Waals surface area contributed by atoms with Crippen LogP contribution in [-0.2, 0) is 11.2 Å². The van der Waals surface area contributed by atoms with Gasteiger partial charge in [0.05, 0.1) is 14.2 Å². The van der Waals surface area contributed by atoms with Gasteiger partial charge in [0.25, 0.3) is 0 Å². The summed E-state index contributed by atoms with van der Waals surface area (Å²) in [4.78, 5) is 14.4. The zero-order valence-electron chi connectivity index (χ0n) is 15.1. The second-order valence-electron chi connectivity index (χ2n) is 6.31. The molecule has 0 radical (unpaired) electrons. The van der Waals surface area contributed by atoms with Gasteiger partial charge in [-0.1, -0.05) is 37.3 Å². The Morgan fingerprint density at radius 3 is 2.44 bits per heavy atom. The quantitative estimate of drug-likeness (QED) is 0.854. The van der Waals surface area contributed by atoms with Gasteiger partial charge in [-0.3, -0.25) is 4.79 Å². The van der Waals surface area contributed by atoms with E-state index in [0.29, 0.717) is 13.0 Å². The molecule has 1 aliphatic heterocycles. The van der Waals surface area contributed by atoms with Crippen molar-refractivity contribution in [3.05, 3.63) is 59.2 Å². The van der Waals surface area contributed by atoms with Crippen LogP contribution in [0.25, 0.3) is 0 Å². The van der Waals surface area contributed by atoms with Crippen molar-refractivity contribution >= 4 is 5.91 Å². The number of fused-ring (bicyclic) bond motifs is 1. The van der Waals surface area contributed by atoms with Gasteiger partial charge >= 0.3 is 0 Å². The first-order chi connectivity index (χ1) is 12.2. The predicted molar refractivity (Wildman–Crippen MR) is 98.4 cm³/mol. The van der Waals surface area contributed by atoms with Crippen molar-refractivity contribution in [2.75, 3.05) is 27.3 Å². The fraction of sp³-hybridized carbons (Fsp3) is 0.381. The molecule has 25 heavy (non-hydrogen) atoms. The number of rotatable bonds is 4. The van der Waals surface area contributed by atoms with Gasteiger partial charge in [0.1, 0.15) is 0 Å². The minimum absolute atomic E-state index is 0.133. The molecule has 0 aliphatic carbocycles. The van der Waals surface area contributed by atoms with E-state index in [2.05, 4.69) is 24.3 Å². The number of carbonyl (C=O) groups excluding carboxylic acids is 1. The van der Waals surface area contributed by atoms with Gasteiger partial charge in [-0.15, -0.1) is 0 Å². The summed E-state index contributed by atoms with van der Waals surface area (Å²) >= 11 is 0. The Bertz CT molecular complexity index is 742. The summed E-state index contributed by atoms with van der Waals surface area (Å²) in [5.41, 5.74) is 3.65. The van der Waals surface area contributed by atoms with Crippen molar-refractivity contribution in [1.29, 1.82) is 0 Å². The van der Waals surface area contributed by atoms with Crippen molar-refractivity contribution in [1.82, 2.24) is 4.90 Å². The summed E-state index contributed by atoms with van der Waals surface area (Å²) in [6, 6.07) is 14.5. The monoisotopic (exact) mass is 339 g/mol. The summed E-state index contributed by atoms with van der Waals surface area (Å²) in [6.07, 6.45) is 1.36. The first-order valence-electron chi connectivity index (χ1n) is 8.75. The Morgan fingerprint density at radius 2 is 1.80 bits per heavy atom. The van der Waals surface area contributed by atoms with Crippen LogP contribution in [0.3, 0.4) is 0 Å². The fourth-order valence-electron chi connectivity index (χ4n) is 3.56. The van der Waals surface area contributed by atoms with Crippen LogP contribution >= 0.6 is 0 Å². The molecular weight excluding hydrogens is 314 g/mol. The topological polar surface area (TPSA) is 38.8 Å². The summed E-state index contributed by atoms with van der Waals surface area (Å²) in [5, 5.41) is 0. The SMILES string of the molecule is CCC(=O)N1CCc2cc(OC)c(OC)cc2C(c2ccccc2)C1. The third kappa shape index (κ3) is 3.48. The second kappa shape index (κ2) is 7.60. The molecule has 0 saturated carbocycles. The zero-order valence-corrected chi connectivity index (χ0v) is 15.1. The van der Waals surface area contributed by atoms with E-state index in [-0.39, 0.29) is 11.8 Å². The normalized spacial score (nSPS) is 16.8. The largest absolute Gasteiger partial charge is 0.493 e. The number of methoxy groups -OCH3 is 2. The van der Waals surface area contributed by atoms with Crippen LogP contribution in [0.5, 0.6) is 11.5 Å². The Morgan fingerprint density at radius 1 is 1.12 bits per heavy atom. The van der Waals surface area contributed by atoms with E-state index in [1.807, 2.05) is 30.0 Å². The van der Waals surface area contributed by atoms with E-state index in [1.54, 1.807) is 14.2 Å². The van der Waals surface area contributed by atoms with Gasteiger partial charge in [-0.25, -0.2) is 0 Å². The number of amides is 1. The van der Waals surface area contributed by atoms with Crippen LogP contribution in [0.2, 0.25) is 0 Å². The third-order valence-electron chi connectivity index (χ3n) is 4.93. The third-order valence-corrected chi connectivity index (χ3v) is 4.93. The smallest absolute Gasteiger partial charge is 0.222 e. The first kappa shape index (κ1) is 17.3. The number of hydrogen-bond acceptors (Lipinski definition) is 3. The van der Waals surface area contributed by atoms with E-state index in [1.165, 1.54) is 16.7 Å². The molecule has 1 unspecified atom stereocenters. The lowest BCUT2D eigenvalue weighted by molar-refractivity contribution is -0.130. The highest BCUT2D eigenvalue weighted by Crippen LogP contribution is 2.38. The molecule has 0 N–H and O–H groups in total. The molecule has 2 aromatic rings. The van der Waals surface area contributed by atoms with Crippen LogP contribution in [0.15, 0.2) is 42.5 Å². The van der Waals surface area contributed by atoms with Gasteiger partial charge in [0.2, 0.25) is 5.91 Å². The lowest BCUT2D eigenvalue weighted by atomic mass is 9.87. The number of ether oxygens (including phenoxy) is 2. The minimum Gasteiger partial charge on any atom is -0.493 e. The summed E-state index contributed by atoms with van der Waals surface area (Å²) in [6.45, 7) is 3.35. The summed E-state index contributed by atoms with van der Waals surface area (Å²) in [7, 11) is 3.31. The Kier molecular flexibility index (Phi) is 5.27. The molecule has 4 nitrogen and oxygen atoms in total. The van der Waals surface area contributed by atoms with E-state index in [4.69, 9.17) is 9.47 Å². The van der Waals surface area contributed by atoms with Crippen LogP contribution < -0.4 is 9.47 Å². The van der Waals surface area contributed by atoms with E-state index < -0.39 is 0 Å². The molecule has 1 aliphatic rings. The highest BCUT2D eigenvalue weighted by Gasteiger charge is 2.28. The van der Waals surface area contributed by atoms with Crippen LogP contribution in [0.1, 0.15) is 36.0 Å². The molecule has 2 aromatic carbocycles. The summed E-state index contributed by atoms with van der Waals surface area (Å²) < 4.78 is 11.0. The average Bonchev–Trinajstić information content (AvgIpc) is 2.86.